The molecule has 8 heteroatoms. The zero-order valence-electron chi connectivity index (χ0n) is 13.9. The Labute approximate surface area is 144 Å². The normalized spacial score (nSPS) is 13.2. The molecule has 0 saturated heterocycles. The van der Waals surface area contributed by atoms with Crippen molar-refractivity contribution in [3.63, 3.8) is 0 Å². The highest BCUT2D eigenvalue weighted by Crippen LogP contribution is 2.29. The van der Waals surface area contributed by atoms with Gasteiger partial charge >= 0.3 is 6.01 Å². The molecule has 1 aliphatic rings. The summed E-state index contributed by atoms with van der Waals surface area (Å²) in [7, 11) is 1.52. The van der Waals surface area contributed by atoms with E-state index < -0.39 is 0 Å². The molecule has 4 heterocycles. The lowest BCUT2D eigenvalue weighted by Gasteiger charge is -2.11. The quantitative estimate of drug-likeness (QED) is 0.723. The molecule has 0 unspecified atom stereocenters. The monoisotopic (exact) mass is 336 g/mol. The number of amides is 1. The second-order valence-electron chi connectivity index (χ2n) is 5.59. The minimum absolute atomic E-state index is 0.0596. The molecule has 126 valence electrons. The van der Waals surface area contributed by atoms with Crippen LogP contribution in [0.1, 0.15) is 23.0 Å². The van der Waals surface area contributed by atoms with E-state index in [1.807, 2.05) is 13.1 Å². The van der Waals surface area contributed by atoms with Crippen molar-refractivity contribution in [1.82, 2.24) is 24.7 Å². The van der Waals surface area contributed by atoms with E-state index in [2.05, 4.69) is 20.1 Å². The number of carbonyl (C=O) groups is 1. The molecular weight excluding hydrogens is 320 g/mol. The molecule has 3 aromatic rings. The Balaban J connectivity index is 1.64. The van der Waals surface area contributed by atoms with Crippen molar-refractivity contribution in [1.29, 1.82) is 0 Å². The molecule has 3 aromatic heterocycles. The molecule has 8 nitrogen and oxygen atoms in total. The second-order valence-corrected chi connectivity index (χ2v) is 5.59. The van der Waals surface area contributed by atoms with E-state index in [4.69, 9.17) is 4.74 Å². The third kappa shape index (κ3) is 2.61. The van der Waals surface area contributed by atoms with Gasteiger partial charge in [-0.25, -0.2) is 15.0 Å². The van der Waals surface area contributed by atoms with Gasteiger partial charge in [-0.1, -0.05) is 0 Å². The molecule has 25 heavy (non-hydrogen) atoms. The van der Waals surface area contributed by atoms with Gasteiger partial charge in [0.1, 0.15) is 0 Å². The number of nitrogens with zero attached hydrogens (tertiary/aromatic N) is 6. The van der Waals surface area contributed by atoms with Crippen molar-refractivity contribution in [2.45, 2.75) is 20.0 Å². The molecular formula is C17H16N6O2. The van der Waals surface area contributed by atoms with Crippen LogP contribution in [0.15, 0.2) is 36.9 Å². The molecule has 0 bridgehead atoms. The molecule has 0 atom stereocenters. The third-order valence-electron chi connectivity index (χ3n) is 4.12. The number of aryl methyl sites for hydroxylation is 1. The number of fused-ring (bicyclic) bond motifs is 1. The summed E-state index contributed by atoms with van der Waals surface area (Å²) in [5.74, 6) is -0.0596. The molecule has 1 aliphatic heterocycles. The average Bonchev–Trinajstić information content (AvgIpc) is 3.26. The first-order chi connectivity index (χ1) is 12.2. The van der Waals surface area contributed by atoms with Gasteiger partial charge in [0, 0.05) is 30.7 Å². The average molecular weight is 336 g/mol. The van der Waals surface area contributed by atoms with Crippen molar-refractivity contribution >= 4 is 11.6 Å². The number of hydrogen-bond donors (Lipinski definition) is 0. The van der Waals surface area contributed by atoms with Crippen LogP contribution in [0.3, 0.4) is 0 Å². The predicted molar refractivity (Wildman–Crippen MR) is 90.2 cm³/mol. The zero-order chi connectivity index (χ0) is 17.4. The number of pyridine rings is 1. The number of methoxy groups -OCH3 is 1. The van der Waals surface area contributed by atoms with E-state index in [1.165, 1.54) is 7.11 Å². The maximum atomic E-state index is 12.6. The molecule has 0 saturated carbocycles. The molecule has 0 N–H and O–H groups in total. The highest BCUT2D eigenvalue weighted by molar-refractivity contribution is 6.09. The van der Waals surface area contributed by atoms with Crippen molar-refractivity contribution < 1.29 is 9.53 Å². The molecule has 1 amide bonds. The topological polar surface area (TPSA) is 86.0 Å². The number of rotatable bonds is 4. The minimum atomic E-state index is -0.0596. The van der Waals surface area contributed by atoms with Crippen LogP contribution in [-0.2, 0) is 13.1 Å². The summed E-state index contributed by atoms with van der Waals surface area (Å²) in [6.45, 7) is 3.19. The van der Waals surface area contributed by atoms with E-state index in [0.29, 0.717) is 18.1 Å². The zero-order valence-corrected chi connectivity index (χ0v) is 13.9. The van der Waals surface area contributed by atoms with E-state index in [0.717, 1.165) is 29.2 Å². The first-order valence-electron chi connectivity index (χ1n) is 7.90. The fourth-order valence-electron chi connectivity index (χ4n) is 2.77. The van der Waals surface area contributed by atoms with Gasteiger partial charge in [-0.15, -0.1) is 0 Å². The van der Waals surface area contributed by atoms with Crippen molar-refractivity contribution in [2.75, 3.05) is 12.0 Å². The van der Waals surface area contributed by atoms with Gasteiger partial charge in [0.05, 0.1) is 42.5 Å². The lowest BCUT2D eigenvalue weighted by Crippen LogP contribution is -2.22. The van der Waals surface area contributed by atoms with Crippen LogP contribution in [0.2, 0.25) is 0 Å². The summed E-state index contributed by atoms with van der Waals surface area (Å²) in [4.78, 5) is 27.1. The van der Waals surface area contributed by atoms with Gasteiger partial charge in [0.15, 0.2) is 0 Å². The highest BCUT2D eigenvalue weighted by Gasteiger charge is 2.30. The summed E-state index contributed by atoms with van der Waals surface area (Å²) >= 11 is 0. The molecule has 0 aliphatic carbocycles. The van der Waals surface area contributed by atoms with Crippen molar-refractivity contribution in [3.05, 3.63) is 48.2 Å². The fourth-order valence-corrected chi connectivity index (χ4v) is 2.77. The Morgan fingerprint density at radius 1 is 1.20 bits per heavy atom. The first-order valence-corrected chi connectivity index (χ1v) is 7.90. The fraction of sp³-hybridized carbons (Fsp3) is 0.235. The first kappa shape index (κ1) is 15.3. The van der Waals surface area contributed by atoms with Crippen LogP contribution in [0, 0.1) is 0 Å². The van der Waals surface area contributed by atoms with Crippen LogP contribution < -0.4 is 9.64 Å². The number of anilines is 1. The predicted octanol–water partition coefficient (Wildman–Crippen LogP) is 1.92. The molecule has 0 aromatic carbocycles. The van der Waals surface area contributed by atoms with Crippen LogP contribution in [0.4, 0.5) is 5.69 Å². The van der Waals surface area contributed by atoms with Gasteiger partial charge < -0.3 is 4.74 Å². The van der Waals surface area contributed by atoms with Crippen molar-refractivity contribution in [3.8, 4) is 17.3 Å². The standard InChI is InChI=1S/C17H16N6O2/c1-3-22-9-12(8-20-22)23-10-15-13(16(23)24)4-5-14(21-15)11-6-18-17(25-2)19-7-11/h4-9H,3,10H2,1-2H3. The molecule has 4 rings (SSSR count). The van der Waals surface area contributed by atoms with E-state index in [1.54, 1.807) is 40.3 Å². The summed E-state index contributed by atoms with van der Waals surface area (Å²) in [6, 6.07) is 3.91. The number of hydrogen-bond acceptors (Lipinski definition) is 6. The second kappa shape index (κ2) is 5.97. The SMILES string of the molecule is CCn1cc(N2Cc3nc(-c4cnc(OC)nc4)ccc3C2=O)cn1. The van der Waals surface area contributed by atoms with E-state index in [-0.39, 0.29) is 5.91 Å². The number of ether oxygens (including phenoxy) is 1. The largest absolute Gasteiger partial charge is 0.467 e. The van der Waals surface area contributed by atoms with Crippen molar-refractivity contribution in [2.24, 2.45) is 0 Å². The number of aromatic nitrogens is 5. The summed E-state index contributed by atoms with van der Waals surface area (Å²) < 4.78 is 6.76. The van der Waals surface area contributed by atoms with Gasteiger partial charge in [0.2, 0.25) is 0 Å². The maximum absolute atomic E-state index is 12.6. The Morgan fingerprint density at radius 3 is 2.68 bits per heavy atom. The van der Waals surface area contributed by atoms with Crippen LogP contribution >= 0.6 is 0 Å². The Bertz CT molecular complexity index is 935. The summed E-state index contributed by atoms with van der Waals surface area (Å²) in [5.41, 5.74) is 3.62. The Morgan fingerprint density at radius 2 is 2.00 bits per heavy atom. The molecule has 0 fully saturated rings. The van der Waals surface area contributed by atoms with Crippen LogP contribution in [-0.4, -0.2) is 37.7 Å². The Hall–Kier alpha value is -3.29. The smallest absolute Gasteiger partial charge is 0.316 e. The minimum Gasteiger partial charge on any atom is -0.467 e. The van der Waals surface area contributed by atoms with E-state index in [9.17, 15) is 4.79 Å². The van der Waals surface area contributed by atoms with E-state index >= 15 is 0 Å². The highest BCUT2D eigenvalue weighted by atomic mass is 16.5. The lowest BCUT2D eigenvalue weighted by molar-refractivity contribution is 0.0996. The van der Waals surface area contributed by atoms with Crippen LogP contribution in [0.5, 0.6) is 6.01 Å². The molecule has 0 radical (unpaired) electrons. The molecule has 0 spiro atoms. The van der Waals surface area contributed by atoms with Gasteiger partial charge in [-0.2, -0.15) is 5.10 Å². The Kier molecular flexibility index (Phi) is 3.64. The van der Waals surface area contributed by atoms with Crippen LogP contribution in [0.25, 0.3) is 11.3 Å². The summed E-state index contributed by atoms with van der Waals surface area (Å²) in [5, 5.41) is 4.23. The third-order valence-corrected chi connectivity index (χ3v) is 4.12. The number of carbonyl (C=O) groups excluding carboxylic acids is 1. The van der Waals surface area contributed by atoms with Gasteiger partial charge in [0.25, 0.3) is 5.91 Å². The lowest BCUT2D eigenvalue weighted by atomic mass is 10.1. The maximum Gasteiger partial charge on any atom is 0.316 e. The summed E-state index contributed by atoms with van der Waals surface area (Å²) in [6.07, 6.45) is 6.87. The van der Waals surface area contributed by atoms with Gasteiger partial charge in [-0.05, 0) is 19.1 Å². The van der Waals surface area contributed by atoms with Gasteiger partial charge in [-0.3, -0.25) is 14.4 Å².